The van der Waals surface area contributed by atoms with Crippen LogP contribution in [-0.2, 0) is 0 Å². The van der Waals surface area contributed by atoms with Gasteiger partial charge < -0.3 is 21.3 Å². The minimum absolute atomic E-state index is 0.218. The maximum Gasteiger partial charge on any atom is 0.222 e. The van der Waals surface area contributed by atoms with Gasteiger partial charge in [-0.3, -0.25) is 0 Å². The van der Waals surface area contributed by atoms with Crippen molar-refractivity contribution in [3.63, 3.8) is 0 Å². The lowest BCUT2D eigenvalue weighted by Gasteiger charge is -2.37. The molecule has 0 bridgehead atoms. The van der Waals surface area contributed by atoms with E-state index < -0.39 is 0 Å². The van der Waals surface area contributed by atoms with E-state index in [0.29, 0.717) is 5.82 Å². The second-order valence-electron chi connectivity index (χ2n) is 5.82. The topological polar surface area (TPSA) is 84.3 Å². The Morgan fingerprint density at radius 3 is 2.09 bits per heavy atom. The summed E-state index contributed by atoms with van der Waals surface area (Å²) < 4.78 is 0. The van der Waals surface area contributed by atoms with Crippen LogP contribution < -0.4 is 21.3 Å². The number of aromatic nitrogens is 2. The van der Waals surface area contributed by atoms with Crippen LogP contribution in [0.15, 0.2) is 24.4 Å². The lowest BCUT2D eigenvalue weighted by atomic mass is 10.1. The Hall–Kier alpha value is -2.50. The van der Waals surface area contributed by atoms with Crippen molar-refractivity contribution in [3.8, 4) is 0 Å². The maximum atomic E-state index is 5.95. The molecule has 1 aromatic heterocycles. The Kier molecular flexibility index (Phi) is 3.75. The first-order chi connectivity index (χ1) is 10.5. The number of nitrogens with two attached hydrogens (primary N) is 2. The summed E-state index contributed by atoms with van der Waals surface area (Å²) in [6, 6.07) is 6.68. The van der Waals surface area contributed by atoms with Crippen LogP contribution in [0.5, 0.6) is 0 Å². The number of anilines is 4. The van der Waals surface area contributed by atoms with Gasteiger partial charge in [-0.15, -0.1) is 0 Å². The number of hydrogen-bond acceptors (Lipinski definition) is 6. The van der Waals surface area contributed by atoms with Crippen molar-refractivity contribution in [1.29, 1.82) is 0 Å². The summed E-state index contributed by atoms with van der Waals surface area (Å²) in [5.41, 5.74) is 16.3. The van der Waals surface area contributed by atoms with Crippen LogP contribution in [0.3, 0.4) is 0 Å². The summed E-state index contributed by atoms with van der Waals surface area (Å²) in [5, 5.41) is 0. The fourth-order valence-electron chi connectivity index (χ4n) is 2.99. The van der Waals surface area contributed by atoms with Gasteiger partial charge >= 0.3 is 0 Å². The van der Waals surface area contributed by atoms with Crippen LogP contribution in [-0.4, -0.2) is 36.1 Å². The molecule has 1 fully saturated rings. The second-order valence-corrected chi connectivity index (χ2v) is 5.82. The number of benzene rings is 1. The first-order valence-corrected chi connectivity index (χ1v) is 7.49. The molecule has 0 atom stereocenters. The molecule has 2 heterocycles. The van der Waals surface area contributed by atoms with Crippen LogP contribution in [0.25, 0.3) is 0 Å². The predicted octanol–water partition coefficient (Wildman–Crippen LogP) is 1.58. The third-order valence-corrected chi connectivity index (χ3v) is 4.01. The number of nitrogens with zero attached hydrogens (tertiary/aromatic N) is 4. The van der Waals surface area contributed by atoms with E-state index in [-0.39, 0.29) is 5.95 Å². The van der Waals surface area contributed by atoms with Crippen molar-refractivity contribution in [1.82, 2.24) is 9.97 Å². The maximum absolute atomic E-state index is 5.95. The van der Waals surface area contributed by atoms with Crippen molar-refractivity contribution in [2.75, 3.05) is 47.4 Å². The van der Waals surface area contributed by atoms with Crippen LogP contribution in [0.1, 0.15) is 11.1 Å². The highest BCUT2D eigenvalue weighted by atomic mass is 15.3. The molecule has 3 rings (SSSR count). The van der Waals surface area contributed by atoms with E-state index in [0.717, 1.165) is 31.9 Å². The van der Waals surface area contributed by atoms with Crippen LogP contribution >= 0.6 is 0 Å². The van der Waals surface area contributed by atoms with Crippen molar-refractivity contribution in [3.05, 3.63) is 35.5 Å². The van der Waals surface area contributed by atoms with E-state index in [1.165, 1.54) is 16.8 Å². The molecule has 0 unspecified atom stereocenters. The summed E-state index contributed by atoms with van der Waals surface area (Å²) >= 11 is 0. The Balaban J connectivity index is 1.72. The SMILES string of the molecule is Cc1cc(C)cc(N2CCN(c3cnc(N)nc3N)CC2)c1. The summed E-state index contributed by atoms with van der Waals surface area (Å²) in [4.78, 5) is 12.7. The molecular formula is C16H22N6. The Labute approximate surface area is 130 Å². The van der Waals surface area contributed by atoms with Crippen molar-refractivity contribution >= 4 is 23.1 Å². The molecule has 6 nitrogen and oxygen atoms in total. The van der Waals surface area contributed by atoms with E-state index >= 15 is 0 Å². The van der Waals surface area contributed by atoms with Gasteiger partial charge in [0, 0.05) is 31.9 Å². The molecule has 1 saturated heterocycles. The van der Waals surface area contributed by atoms with Gasteiger partial charge in [-0.1, -0.05) is 6.07 Å². The molecule has 4 N–H and O–H groups in total. The Bertz CT molecular complexity index is 656. The summed E-state index contributed by atoms with van der Waals surface area (Å²) in [6.45, 7) is 7.96. The largest absolute Gasteiger partial charge is 0.382 e. The molecule has 6 heteroatoms. The third-order valence-electron chi connectivity index (χ3n) is 4.01. The first-order valence-electron chi connectivity index (χ1n) is 7.49. The molecule has 0 saturated carbocycles. The van der Waals surface area contributed by atoms with E-state index in [1.54, 1.807) is 6.20 Å². The molecule has 1 aliphatic rings. The average molecular weight is 298 g/mol. The zero-order valence-electron chi connectivity index (χ0n) is 13.1. The average Bonchev–Trinajstić information content (AvgIpc) is 2.46. The fraction of sp³-hybridized carbons (Fsp3) is 0.375. The zero-order valence-corrected chi connectivity index (χ0v) is 13.1. The molecule has 1 aromatic carbocycles. The van der Waals surface area contributed by atoms with Crippen LogP contribution in [0.4, 0.5) is 23.1 Å². The van der Waals surface area contributed by atoms with Gasteiger partial charge in [0.1, 0.15) is 0 Å². The zero-order chi connectivity index (χ0) is 15.7. The molecule has 116 valence electrons. The van der Waals surface area contributed by atoms with Crippen LogP contribution in [0.2, 0.25) is 0 Å². The highest BCUT2D eigenvalue weighted by Gasteiger charge is 2.20. The minimum Gasteiger partial charge on any atom is -0.382 e. The number of aryl methyl sites for hydroxylation is 2. The summed E-state index contributed by atoms with van der Waals surface area (Å²) in [6.07, 6.45) is 1.71. The van der Waals surface area contributed by atoms with Crippen molar-refractivity contribution in [2.45, 2.75) is 13.8 Å². The minimum atomic E-state index is 0.218. The Morgan fingerprint density at radius 2 is 1.50 bits per heavy atom. The summed E-state index contributed by atoms with van der Waals surface area (Å²) in [5.74, 6) is 0.669. The van der Waals surface area contributed by atoms with Gasteiger partial charge in [0.05, 0.1) is 11.9 Å². The third kappa shape index (κ3) is 2.90. The highest BCUT2D eigenvalue weighted by molar-refractivity contribution is 5.64. The number of hydrogen-bond donors (Lipinski definition) is 2. The van der Waals surface area contributed by atoms with Gasteiger partial charge in [-0.05, 0) is 37.1 Å². The van der Waals surface area contributed by atoms with Gasteiger partial charge in [0.2, 0.25) is 5.95 Å². The molecular weight excluding hydrogens is 276 g/mol. The lowest BCUT2D eigenvalue weighted by molar-refractivity contribution is 0.652. The van der Waals surface area contributed by atoms with E-state index in [2.05, 4.69) is 51.8 Å². The van der Waals surface area contributed by atoms with Crippen LogP contribution in [0, 0.1) is 13.8 Å². The van der Waals surface area contributed by atoms with E-state index in [9.17, 15) is 0 Å². The molecule has 0 spiro atoms. The number of rotatable bonds is 2. The van der Waals surface area contributed by atoms with E-state index in [4.69, 9.17) is 11.5 Å². The quantitative estimate of drug-likeness (QED) is 0.876. The van der Waals surface area contributed by atoms with Gasteiger partial charge in [0.25, 0.3) is 0 Å². The normalized spacial score (nSPS) is 15.2. The van der Waals surface area contributed by atoms with Crippen molar-refractivity contribution in [2.24, 2.45) is 0 Å². The van der Waals surface area contributed by atoms with E-state index in [1.807, 2.05) is 0 Å². The van der Waals surface area contributed by atoms with Gasteiger partial charge in [-0.25, -0.2) is 4.98 Å². The molecule has 0 radical (unpaired) electrons. The van der Waals surface area contributed by atoms with Crippen molar-refractivity contribution < 1.29 is 0 Å². The standard InChI is InChI=1S/C16H22N6/c1-11-7-12(2)9-13(8-11)21-3-5-22(6-4-21)14-10-19-16(18)20-15(14)17/h7-10H,3-6H2,1-2H3,(H4,17,18,19,20). The lowest BCUT2D eigenvalue weighted by Crippen LogP contribution is -2.46. The number of piperazine rings is 1. The monoisotopic (exact) mass is 298 g/mol. The molecule has 2 aromatic rings. The molecule has 0 aliphatic carbocycles. The predicted molar refractivity (Wildman–Crippen MR) is 91.2 cm³/mol. The Morgan fingerprint density at radius 1 is 0.909 bits per heavy atom. The smallest absolute Gasteiger partial charge is 0.222 e. The second kappa shape index (κ2) is 5.71. The summed E-state index contributed by atoms with van der Waals surface area (Å²) in [7, 11) is 0. The molecule has 0 amide bonds. The highest BCUT2D eigenvalue weighted by Crippen LogP contribution is 2.25. The molecule has 22 heavy (non-hydrogen) atoms. The fourth-order valence-corrected chi connectivity index (χ4v) is 2.99. The molecule has 1 aliphatic heterocycles. The van der Waals surface area contributed by atoms with Gasteiger partial charge in [-0.2, -0.15) is 4.98 Å². The number of nitrogen functional groups attached to an aromatic ring is 2. The first kappa shape index (κ1) is 14.4. The van der Waals surface area contributed by atoms with Gasteiger partial charge in [0.15, 0.2) is 5.82 Å².